The van der Waals surface area contributed by atoms with Gasteiger partial charge in [-0.15, -0.1) is 4.72 Å². The van der Waals surface area contributed by atoms with Crippen LogP contribution in [0.5, 0.6) is 5.75 Å². The van der Waals surface area contributed by atoms with Gasteiger partial charge in [0.25, 0.3) is 15.7 Å². The van der Waals surface area contributed by atoms with Gasteiger partial charge in [-0.05, 0) is 30.2 Å². The van der Waals surface area contributed by atoms with Gasteiger partial charge in [-0.2, -0.15) is 0 Å². The van der Waals surface area contributed by atoms with Gasteiger partial charge in [0.2, 0.25) is 0 Å². The van der Waals surface area contributed by atoms with Crippen molar-refractivity contribution in [2.45, 2.75) is 24.8 Å². The molecule has 0 fully saturated rings. The minimum absolute atomic E-state index is 0.0974. The molecule has 0 N–H and O–H groups in total. The highest BCUT2D eigenvalue weighted by Gasteiger charge is 2.28. The number of nitro benzene ring substituents is 1. The van der Waals surface area contributed by atoms with Gasteiger partial charge in [0.1, 0.15) is 5.75 Å². The van der Waals surface area contributed by atoms with Gasteiger partial charge in [0.15, 0.2) is 4.90 Å². The normalized spacial score (nSPS) is 11.2. The van der Waals surface area contributed by atoms with Crippen LogP contribution < -0.4 is 9.46 Å². The Bertz CT molecular complexity index is 832. The summed E-state index contributed by atoms with van der Waals surface area (Å²) in [5.74, 6) is 0.646. The van der Waals surface area contributed by atoms with Gasteiger partial charge in [0, 0.05) is 5.56 Å². The second-order valence-corrected chi connectivity index (χ2v) is 6.63. The fourth-order valence-corrected chi connectivity index (χ4v) is 3.39. The standard InChI is InChI=1S/C16H17N2O5S/c1-3-13-5-4-6-15(16(13)18(19)20)24(21,22)17-11-12-7-9-14(23-2)10-8-12/h4-10H,3,11H2,1-2H3. The molecule has 0 amide bonds. The summed E-state index contributed by atoms with van der Waals surface area (Å²) in [5, 5.41) is 11.3. The largest absolute Gasteiger partial charge is 0.497 e. The maximum Gasteiger partial charge on any atom is 0.292 e. The SMILES string of the molecule is CCc1cccc(S(=O)(=O)[N]Cc2ccc(OC)cc2)c1[N+](=O)[O-]. The lowest BCUT2D eigenvalue weighted by Gasteiger charge is -2.08. The molecule has 8 heteroatoms. The summed E-state index contributed by atoms with van der Waals surface area (Å²) in [4.78, 5) is 10.2. The van der Waals surface area contributed by atoms with E-state index in [4.69, 9.17) is 4.74 Å². The first-order valence-electron chi connectivity index (χ1n) is 7.22. The van der Waals surface area contributed by atoms with E-state index in [1.807, 2.05) is 0 Å². The van der Waals surface area contributed by atoms with Crippen molar-refractivity contribution < 1.29 is 18.1 Å². The molecule has 127 valence electrons. The van der Waals surface area contributed by atoms with E-state index in [1.54, 1.807) is 37.3 Å². The number of rotatable bonds is 7. The van der Waals surface area contributed by atoms with Crippen LogP contribution in [0.3, 0.4) is 0 Å². The molecule has 0 aliphatic rings. The number of hydrogen-bond donors (Lipinski definition) is 0. The molecule has 0 bridgehead atoms. The molecule has 0 heterocycles. The lowest BCUT2D eigenvalue weighted by molar-refractivity contribution is -0.388. The topological polar surface area (TPSA) is 101 Å². The summed E-state index contributed by atoms with van der Waals surface area (Å²) >= 11 is 0. The quantitative estimate of drug-likeness (QED) is 0.565. The van der Waals surface area contributed by atoms with Crippen molar-refractivity contribution in [3.63, 3.8) is 0 Å². The van der Waals surface area contributed by atoms with E-state index in [-0.39, 0.29) is 11.4 Å². The van der Waals surface area contributed by atoms with Crippen molar-refractivity contribution in [3.05, 3.63) is 63.7 Å². The van der Waals surface area contributed by atoms with E-state index in [9.17, 15) is 18.5 Å². The minimum atomic E-state index is -4.13. The number of nitrogens with zero attached hydrogens (tertiary/aromatic N) is 2. The Morgan fingerprint density at radius 3 is 2.38 bits per heavy atom. The van der Waals surface area contributed by atoms with Crippen LogP contribution in [0.4, 0.5) is 5.69 Å². The van der Waals surface area contributed by atoms with Crippen LogP contribution in [0.2, 0.25) is 0 Å². The summed E-state index contributed by atoms with van der Waals surface area (Å²) in [6, 6.07) is 11.0. The number of sulfonamides is 1. The van der Waals surface area contributed by atoms with Crippen LogP contribution in [0.25, 0.3) is 0 Å². The van der Waals surface area contributed by atoms with Crippen molar-refractivity contribution in [2.24, 2.45) is 0 Å². The molecular weight excluding hydrogens is 332 g/mol. The van der Waals surface area contributed by atoms with Gasteiger partial charge in [-0.25, -0.2) is 8.42 Å². The highest BCUT2D eigenvalue weighted by Crippen LogP contribution is 2.28. The van der Waals surface area contributed by atoms with Crippen LogP contribution in [-0.4, -0.2) is 20.5 Å². The summed E-state index contributed by atoms with van der Waals surface area (Å²) in [6.07, 6.45) is 0.359. The molecule has 2 rings (SSSR count). The third-order valence-electron chi connectivity index (χ3n) is 3.50. The average molecular weight is 349 g/mol. The maximum atomic E-state index is 12.4. The first-order valence-corrected chi connectivity index (χ1v) is 8.66. The van der Waals surface area contributed by atoms with Crippen molar-refractivity contribution in [1.82, 2.24) is 4.72 Å². The van der Waals surface area contributed by atoms with Crippen molar-refractivity contribution in [1.29, 1.82) is 0 Å². The monoisotopic (exact) mass is 349 g/mol. The third-order valence-corrected chi connectivity index (χ3v) is 4.85. The summed E-state index contributed by atoms with van der Waals surface area (Å²) in [7, 11) is -2.60. The molecule has 0 aliphatic heterocycles. The van der Waals surface area contributed by atoms with Crippen molar-refractivity contribution in [2.75, 3.05) is 7.11 Å². The highest BCUT2D eigenvalue weighted by molar-refractivity contribution is 7.89. The molecular formula is C16H17N2O5S. The summed E-state index contributed by atoms with van der Waals surface area (Å²) in [5.41, 5.74) is 0.618. The van der Waals surface area contributed by atoms with Crippen molar-refractivity contribution >= 4 is 15.7 Å². The maximum absolute atomic E-state index is 12.4. The summed E-state index contributed by atoms with van der Waals surface area (Å²) in [6.45, 7) is 1.63. The van der Waals surface area contributed by atoms with E-state index >= 15 is 0 Å². The third kappa shape index (κ3) is 3.90. The van der Waals surface area contributed by atoms with Gasteiger partial charge < -0.3 is 4.74 Å². The Morgan fingerprint density at radius 2 is 1.83 bits per heavy atom. The predicted molar refractivity (Wildman–Crippen MR) is 88.5 cm³/mol. The molecule has 0 saturated carbocycles. The van der Waals surface area contributed by atoms with Crippen LogP contribution >= 0.6 is 0 Å². The van der Waals surface area contributed by atoms with Gasteiger partial charge in [0.05, 0.1) is 18.6 Å². The average Bonchev–Trinajstić information content (AvgIpc) is 2.59. The first-order chi connectivity index (χ1) is 11.4. The molecule has 0 unspecified atom stereocenters. The predicted octanol–water partition coefficient (Wildman–Crippen LogP) is 2.66. The Labute approximate surface area is 140 Å². The molecule has 2 aromatic rings. The molecule has 0 aliphatic carbocycles. The molecule has 0 atom stereocenters. The van der Waals surface area contributed by atoms with Gasteiger partial charge in [-0.1, -0.05) is 31.2 Å². The lowest BCUT2D eigenvalue weighted by atomic mass is 10.1. The molecule has 0 spiro atoms. The smallest absolute Gasteiger partial charge is 0.292 e. The lowest BCUT2D eigenvalue weighted by Crippen LogP contribution is -2.18. The number of aryl methyl sites for hydroxylation is 1. The number of methoxy groups -OCH3 is 1. The van der Waals surface area contributed by atoms with E-state index in [1.165, 1.54) is 19.2 Å². The Kier molecular flexibility index (Phi) is 5.53. The number of benzene rings is 2. The van der Waals surface area contributed by atoms with Crippen LogP contribution in [0.15, 0.2) is 47.4 Å². The number of nitro groups is 1. The Hall–Kier alpha value is -2.45. The number of para-hydroxylation sites is 1. The van der Waals surface area contributed by atoms with Gasteiger partial charge in [-0.3, -0.25) is 10.1 Å². The van der Waals surface area contributed by atoms with Gasteiger partial charge >= 0.3 is 0 Å². The zero-order valence-corrected chi connectivity index (χ0v) is 14.1. The second-order valence-electron chi connectivity index (χ2n) is 4.98. The molecule has 2 aromatic carbocycles. The second kappa shape index (κ2) is 7.41. The Morgan fingerprint density at radius 1 is 1.17 bits per heavy atom. The minimum Gasteiger partial charge on any atom is -0.497 e. The van der Waals surface area contributed by atoms with Crippen LogP contribution in [-0.2, 0) is 23.0 Å². The zero-order chi connectivity index (χ0) is 17.7. The molecule has 0 saturated heterocycles. The molecule has 0 aromatic heterocycles. The molecule has 7 nitrogen and oxygen atoms in total. The van der Waals surface area contributed by atoms with Crippen LogP contribution in [0, 0.1) is 10.1 Å². The van der Waals surface area contributed by atoms with E-state index in [2.05, 4.69) is 4.72 Å². The number of hydrogen-bond acceptors (Lipinski definition) is 5. The van der Waals surface area contributed by atoms with Crippen LogP contribution in [0.1, 0.15) is 18.1 Å². The summed E-state index contributed by atoms with van der Waals surface area (Å²) < 4.78 is 33.6. The molecule has 1 radical (unpaired) electrons. The molecule has 24 heavy (non-hydrogen) atoms. The van der Waals surface area contributed by atoms with Crippen molar-refractivity contribution in [3.8, 4) is 5.75 Å². The highest BCUT2D eigenvalue weighted by atomic mass is 32.2. The van der Waals surface area contributed by atoms with E-state index < -0.39 is 20.6 Å². The fourth-order valence-electron chi connectivity index (χ4n) is 2.23. The first kappa shape index (κ1) is 17.9. The van der Waals surface area contributed by atoms with E-state index in [0.29, 0.717) is 23.3 Å². The Balaban J connectivity index is 2.28. The fraction of sp³-hybridized carbons (Fsp3) is 0.250. The van der Waals surface area contributed by atoms with E-state index in [0.717, 1.165) is 0 Å². The zero-order valence-electron chi connectivity index (χ0n) is 13.3. The number of ether oxygens (including phenoxy) is 1.